The smallest absolute Gasteiger partial charge is 0.241 e. The molecule has 0 aromatic carbocycles. The summed E-state index contributed by atoms with van der Waals surface area (Å²) in [5.74, 6) is 0.185. The van der Waals surface area contributed by atoms with Gasteiger partial charge in [-0.3, -0.25) is 9.59 Å². The minimum atomic E-state index is -0.460. The molecule has 2 N–H and O–H groups in total. The molecule has 5 heteroatoms. The quantitative estimate of drug-likeness (QED) is 0.781. The van der Waals surface area contributed by atoms with E-state index in [0.717, 1.165) is 32.1 Å². The Balaban J connectivity index is 1.92. The first-order valence-corrected chi connectivity index (χ1v) is 6.71. The lowest BCUT2D eigenvalue weighted by molar-refractivity contribution is -0.127. The third-order valence-corrected chi connectivity index (χ3v) is 4.21. The van der Waals surface area contributed by atoms with Gasteiger partial charge < -0.3 is 5.73 Å². The van der Waals surface area contributed by atoms with Crippen LogP contribution >= 0.6 is 0 Å². The van der Waals surface area contributed by atoms with Crippen LogP contribution in [0.4, 0.5) is 11.5 Å². The van der Waals surface area contributed by atoms with Gasteiger partial charge >= 0.3 is 0 Å². The molecule has 1 aromatic heterocycles. The van der Waals surface area contributed by atoms with E-state index in [0.29, 0.717) is 17.9 Å². The largest absolute Gasteiger partial charge is 0.397 e. The number of hydrogen-bond donors (Lipinski definition) is 1. The standard InChI is InChI=1S/C14H17N3O2/c15-10-4-5-11(16-9-10)17-12(18)8-14(13(17)19)6-2-1-3-7-14/h4-5,9H,1-3,6-8,15H2. The van der Waals surface area contributed by atoms with Crippen LogP contribution in [0.5, 0.6) is 0 Å². The number of pyridine rings is 1. The Morgan fingerprint density at radius 1 is 1.16 bits per heavy atom. The highest BCUT2D eigenvalue weighted by atomic mass is 16.2. The highest BCUT2D eigenvalue weighted by Crippen LogP contribution is 2.46. The third kappa shape index (κ3) is 1.89. The normalized spacial score (nSPS) is 22.2. The minimum absolute atomic E-state index is 0.0746. The Morgan fingerprint density at radius 2 is 1.89 bits per heavy atom. The molecule has 1 aromatic rings. The summed E-state index contributed by atoms with van der Waals surface area (Å²) in [6, 6.07) is 3.29. The van der Waals surface area contributed by atoms with Crippen molar-refractivity contribution in [3.8, 4) is 0 Å². The summed E-state index contributed by atoms with van der Waals surface area (Å²) in [5.41, 5.74) is 5.64. The van der Waals surface area contributed by atoms with Crippen molar-refractivity contribution in [3.05, 3.63) is 18.3 Å². The van der Waals surface area contributed by atoms with E-state index < -0.39 is 5.41 Å². The lowest BCUT2D eigenvalue weighted by Gasteiger charge is -2.30. The molecule has 19 heavy (non-hydrogen) atoms. The molecule has 1 aliphatic carbocycles. The zero-order chi connectivity index (χ0) is 13.5. The second-order valence-electron chi connectivity index (χ2n) is 5.50. The molecular weight excluding hydrogens is 242 g/mol. The van der Waals surface area contributed by atoms with Crippen molar-refractivity contribution in [2.24, 2.45) is 5.41 Å². The SMILES string of the molecule is Nc1ccc(N2C(=O)CC3(CCCCC3)C2=O)nc1. The summed E-state index contributed by atoms with van der Waals surface area (Å²) >= 11 is 0. The first-order chi connectivity index (χ1) is 9.12. The van der Waals surface area contributed by atoms with E-state index in [9.17, 15) is 9.59 Å². The van der Waals surface area contributed by atoms with Crippen molar-refractivity contribution in [3.63, 3.8) is 0 Å². The fourth-order valence-electron chi connectivity index (χ4n) is 3.18. The summed E-state index contributed by atoms with van der Waals surface area (Å²) in [4.78, 5) is 30.1. The molecule has 0 atom stereocenters. The molecule has 100 valence electrons. The number of nitrogens with two attached hydrogens (primary N) is 1. The Bertz CT molecular complexity index is 518. The Morgan fingerprint density at radius 3 is 2.53 bits per heavy atom. The average molecular weight is 259 g/mol. The molecular formula is C14H17N3O2. The number of imide groups is 1. The first kappa shape index (κ1) is 12.1. The first-order valence-electron chi connectivity index (χ1n) is 6.71. The fraction of sp³-hybridized carbons (Fsp3) is 0.500. The molecule has 1 saturated carbocycles. The van der Waals surface area contributed by atoms with Crippen LogP contribution in [0.25, 0.3) is 0 Å². The van der Waals surface area contributed by atoms with Crippen LogP contribution in [0.1, 0.15) is 38.5 Å². The summed E-state index contributed by atoms with van der Waals surface area (Å²) in [6.45, 7) is 0. The maximum Gasteiger partial charge on any atom is 0.241 e. The van der Waals surface area contributed by atoms with Gasteiger partial charge in [-0.25, -0.2) is 9.88 Å². The van der Waals surface area contributed by atoms with Gasteiger partial charge in [-0.05, 0) is 25.0 Å². The molecule has 2 aliphatic rings. The maximum atomic E-state index is 12.6. The van der Waals surface area contributed by atoms with Gasteiger partial charge in [-0.1, -0.05) is 19.3 Å². The monoisotopic (exact) mass is 259 g/mol. The molecule has 0 bridgehead atoms. The van der Waals surface area contributed by atoms with Crippen molar-refractivity contribution in [1.82, 2.24) is 4.98 Å². The molecule has 0 unspecified atom stereocenters. The number of hydrogen-bond acceptors (Lipinski definition) is 4. The number of nitrogens with zero attached hydrogens (tertiary/aromatic N) is 2. The molecule has 1 saturated heterocycles. The lowest BCUT2D eigenvalue weighted by atomic mass is 9.73. The van der Waals surface area contributed by atoms with E-state index in [-0.39, 0.29) is 11.8 Å². The highest BCUT2D eigenvalue weighted by molar-refractivity contribution is 6.22. The van der Waals surface area contributed by atoms with Crippen LogP contribution in [0, 0.1) is 5.41 Å². The van der Waals surface area contributed by atoms with Gasteiger partial charge in [0.1, 0.15) is 5.82 Å². The predicted octanol–water partition coefficient (Wildman–Crippen LogP) is 1.88. The second kappa shape index (κ2) is 4.33. The van der Waals surface area contributed by atoms with E-state index in [1.54, 1.807) is 12.1 Å². The van der Waals surface area contributed by atoms with Crippen molar-refractivity contribution in [2.45, 2.75) is 38.5 Å². The van der Waals surface area contributed by atoms with E-state index in [4.69, 9.17) is 5.73 Å². The number of anilines is 2. The maximum absolute atomic E-state index is 12.6. The van der Waals surface area contributed by atoms with Gasteiger partial charge in [-0.15, -0.1) is 0 Å². The lowest BCUT2D eigenvalue weighted by Crippen LogP contribution is -2.37. The van der Waals surface area contributed by atoms with E-state index >= 15 is 0 Å². The van der Waals surface area contributed by atoms with Crippen molar-refractivity contribution < 1.29 is 9.59 Å². The van der Waals surface area contributed by atoms with Gasteiger partial charge in [0.25, 0.3) is 0 Å². The van der Waals surface area contributed by atoms with Crippen molar-refractivity contribution in [1.29, 1.82) is 0 Å². The summed E-state index contributed by atoms with van der Waals surface area (Å²) in [5, 5.41) is 0. The van der Waals surface area contributed by atoms with Crippen LogP contribution in [-0.2, 0) is 9.59 Å². The van der Waals surface area contributed by atoms with Gasteiger partial charge in [0, 0.05) is 6.42 Å². The molecule has 2 fully saturated rings. The highest BCUT2D eigenvalue weighted by Gasteiger charge is 2.52. The molecule has 3 rings (SSSR count). The van der Waals surface area contributed by atoms with E-state index in [1.807, 2.05) is 0 Å². The Hall–Kier alpha value is -1.91. The fourth-order valence-corrected chi connectivity index (χ4v) is 3.18. The molecule has 5 nitrogen and oxygen atoms in total. The molecule has 2 amide bonds. The van der Waals surface area contributed by atoms with E-state index in [1.165, 1.54) is 11.1 Å². The van der Waals surface area contributed by atoms with Gasteiger partial charge in [0.15, 0.2) is 0 Å². The van der Waals surface area contributed by atoms with E-state index in [2.05, 4.69) is 4.98 Å². The zero-order valence-corrected chi connectivity index (χ0v) is 10.8. The topological polar surface area (TPSA) is 76.3 Å². The number of rotatable bonds is 1. The second-order valence-corrected chi connectivity index (χ2v) is 5.50. The zero-order valence-electron chi connectivity index (χ0n) is 10.8. The van der Waals surface area contributed by atoms with Crippen LogP contribution < -0.4 is 10.6 Å². The summed E-state index contributed by atoms with van der Waals surface area (Å²) in [7, 11) is 0. The molecule has 0 radical (unpaired) electrons. The molecule has 1 aliphatic heterocycles. The molecule has 1 spiro atoms. The van der Waals surface area contributed by atoms with Crippen LogP contribution in [-0.4, -0.2) is 16.8 Å². The van der Waals surface area contributed by atoms with Crippen LogP contribution in [0.3, 0.4) is 0 Å². The summed E-state index contributed by atoms with van der Waals surface area (Å²) in [6.07, 6.45) is 6.67. The van der Waals surface area contributed by atoms with Crippen LogP contribution in [0.15, 0.2) is 18.3 Å². The number of aromatic nitrogens is 1. The van der Waals surface area contributed by atoms with Crippen LogP contribution in [0.2, 0.25) is 0 Å². The van der Waals surface area contributed by atoms with Gasteiger partial charge in [0.05, 0.1) is 17.3 Å². The number of carbonyl (C=O) groups is 2. The predicted molar refractivity (Wildman–Crippen MR) is 71.3 cm³/mol. The average Bonchev–Trinajstić information content (AvgIpc) is 2.64. The summed E-state index contributed by atoms with van der Waals surface area (Å²) < 4.78 is 0. The minimum Gasteiger partial charge on any atom is -0.397 e. The van der Waals surface area contributed by atoms with Crippen molar-refractivity contribution >= 4 is 23.3 Å². The number of amides is 2. The van der Waals surface area contributed by atoms with Crippen molar-refractivity contribution in [2.75, 3.05) is 10.6 Å². The molecule has 2 heterocycles. The van der Waals surface area contributed by atoms with Gasteiger partial charge in [0.2, 0.25) is 11.8 Å². The Kier molecular flexibility index (Phi) is 2.77. The van der Waals surface area contributed by atoms with Gasteiger partial charge in [-0.2, -0.15) is 0 Å². The number of nitrogen functional groups attached to an aromatic ring is 1. The third-order valence-electron chi connectivity index (χ3n) is 4.21. The number of carbonyl (C=O) groups excluding carboxylic acids is 2. The Labute approximate surface area is 111 Å².